The van der Waals surface area contributed by atoms with E-state index in [1.54, 1.807) is 18.2 Å². The number of sulfonamides is 1. The van der Waals surface area contributed by atoms with E-state index in [1.807, 2.05) is 4.90 Å². The van der Waals surface area contributed by atoms with E-state index in [9.17, 15) is 17.9 Å². The molecule has 1 heterocycles. The molecule has 23 heavy (non-hydrogen) atoms. The summed E-state index contributed by atoms with van der Waals surface area (Å²) in [6, 6.07) is 4.75. The summed E-state index contributed by atoms with van der Waals surface area (Å²) < 4.78 is 40.1. The molecule has 0 unspecified atom stereocenters. The fourth-order valence-corrected chi connectivity index (χ4v) is 3.54. The largest absolute Gasteiger partial charge is 0.393 e. The van der Waals surface area contributed by atoms with Crippen molar-refractivity contribution in [2.75, 3.05) is 23.7 Å². The van der Waals surface area contributed by atoms with Crippen molar-refractivity contribution in [2.24, 2.45) is 0 Å². The highest BCUT2D eigenvalue weighted by molar-refractivity contribution is 7.89. The van der Waals surface area contributed by atoms with E-state index in [-0.39, 0.29) is 24.2 Å². The fraction of sp³-hybridized carbons (Fsp3) is 0.500. The second-order valence-electron chi connectivity index (χ2n) is 5.72. The molecule has 0 aliphatic carbocycles. The van der Waals surface area contributed by atoms with Crippen LogP contribution in [0, 0.1) is 5.82 Å². The lowest BCUT2D eigenvalue weighted by Crippen LogP contribution is -2.36. The number of rotatable bonds is 7. The molecule has 0 atom stereocenters. The lowest BCUT2D eigenvalue weighted by Gasteiger charge is -2.31. The molecular formula is C16H23FN2O3S. The summed E-state index contributed by atoms with van der Waals surface area (Å²) in [5, 5.41) is 9.50. The third-order valence-corrected chi connectivity index (χ3v) is 5.26. The van der Waals surface area contributed by atoms with Gasteiger partial charge in [0.05, 0.1) is 17.5 Å². The van der Waals surface area contributed by atoms with E-state index in [4.69, 9.17) is 0 Å². The van der Waals surface area contributed by atoms with Crippen molar-refractivity contribution in [2.45, 2.75) is 31.9 Å². The maximum absolute atomic E-state index is 14.3. The molecule has 128 valence electrons. The monoisotopic (exact) mass is 342 g/mol. The van der Waals surface area contributed by atoms with Gasteiger partial charge in [0.1, 0.15) is 5.82 Å². The van der Waals surface area contributed by atoms with Gasteiger partial charge >= 0.3 is 0 Å². The van der Waals surface area contributed by atoms with Crippen molar-refractivity contribution >= 4 is 15.7 Å². The molecule has 2 N–H and O–H groups in total. The van der Waals surface area contributed by atoms with E-state index in [2.05, 4.69) is 11.3 Å². The maximum atomic E-state index is 14.3. The average Bonchev–Trinajstić information content (AvgIpc) is 2.52. The third kappa shape index (κ3) is 5.30. The van der Waals surface area contributed by atoms with E-state index in [0.717, 1.165) is 0 Å². The molecule has 5 nitrogen and oxygen atoms in total. The Kier molecular flexibility index (Phi) is 6.15. The number of piperidine rings is 1. The second kappa shape index (κ2) is 7.90. The summed E-state index contributed by atoms with van der Waals surface area (Å²) in [6.45, 7) is 4.79. The molecule has 0 amide bonds. The highest BCUT2D eigenvalue weighted by Gasteiger charge is 2.19. The highest BCUT2D eigenvalue weighted by atomic mass is 32.2. The van der Waals surface area contributed by atoms with Crippen LogP contribution < -0.4 is 9.62 Å². The zero-order valence-corrected chi connectivity index (χ0v) is 13.9. The van der Waals surface area contributed by atoms with E-state index >= 15 is 0 Å². The van der Waals surface area contributed by atoms with Crippen LogP contribution in [0.5, 0.6) is 0 Å². The second-order valence-corrected chi connectivity index (χ2v) is 7.65. The van der Waals surface area contributed by atoms with Crippen LogP contribution >= 0.6 is 0 Å². The molecule has 1 fully saturated rings. The van der Waals surface area contributed by atoms with Crippen LogP contribution in [0.3, 0.4) is 0 Å². The van der Waals surface area contributed by atoms with Gasteiger partial charge in [0.15, 0.2) is 0 Å². The molecule has 1 saturated heterocycles. The fourth-order valence-electron chi connectivity index (χ4n) is 2.53. The number of hydrogen-bond acceptors (Lipinski definition) is 4. The molecular weight excluding hydrogens is 319 g/mol. The Morgan fingerprint density at radius 1 is 1.39 bits per heavy atom. The Hall–Kier alpha value is -1.44. The number of aliphatic hydroxyl groups is 1. The Labute approximate surface area is 136 Å². The van der Waals surface area contributed by atoms with Crippen molar-refractivity contribution in [1.82, 2.24) is 4.72 Å². The molecule has 0 bridgehead atoms. The molecule has 1 aromatic carbocycles. The van der Waals surface area contributed by atoms with Gasteiger partial charge in [-0.15, -0.1) is 6.58 Å². The van der Waals surface area contributed by atoms with Gasteiger partial charge in [-0.3, -0.25) is 0 Å². The number of allylic oxidation sites excluding steroid dienone is 1. The summed E-state index contributed by atoms with van der Waals surface area (Å²) in [5.41, 5.74) is 1.07. The molecule has 0 aromatic heterocycles. The predicted octanol–water partition coefficient (Wildman–Crippen LogP) is 1.78. The van der Waals surface area contributed by atoms with Crippen LogP contribution in [0.1, 0.15) is 24.8 Å². The zero-order valence-electron chi connectivity index (χ0n) is 13.0. The van der Waals surface area contributed by atoms with Gasteiger partial charge in [-0.05, 0) is 37.0 Å². The lowest BCUT2D eigenvalue weighted by molar-refractivity contribution is 0.145. The minimum Gasteiger partial charge on any atom is -0.393 e. The number of aliphatic hydroxyl groups excluding tert-OH is 1. The number of anilines is 1. The first kappa shape index (κ1) is 17.9. The number of benzene rings is 1. The summed E-state index contributed by atoms with van der Waals surface area (Å²) in [4.78, 5) is 1.90. The minimum atomic E-state index is -3.37. The summed E-state index contributed by atoms with van der Waals surface area (Å²) in [7, 11) is -3.37. The predicted molar refractivity (Wildman–Crippen MR) is 89.3 cm³/mol. The van der Waals surface area contributed by atoms with Crippen molar-refractivity contribution < 1.29 is 17.9 Å². The number of nitrogens with one attached hydrogen (secondary N) is 1. The highest BCUT2D eigenvalue weighted by Crippen LogP contribution is 2.24. The van der Waals surface area contributed by atoms with Gasteiger partial charge in [-0.2, -0.15) is 0 Å². The van der Waals surface area contributed by atoms with Crippen LogP contribution in [-0.2, 0) is 16.6 Å². The van der Waals surface area contributed by atoms with Gasteiger partial charge in [-0.25, -0.2) is 17.5 Å². The number of hydrogen-bond donors (Lipinski definition) is 2. The Morgan fingerprint density at radius 2 is 2.09 bits per heavy atom. The van der Waals surface area contributed by atoms with E-state index in [0.29, 0.717) is 43.6 Å². The molecule has 0 saturated carbocycles. The molecule has 0 radical (unpaired) electrons. The SMILES string of the molecule is C=CCCS(=O)(=O)NCc1ccc(N2CCC(O)CC2)c(F)c1. The van der Waals surface area contributed by atoms with Crippen molar-refractivity contribution in [3.63, 3.8) is 0 Å². The number of nitrogens with zero attached hydrogens (tertiary/aromatic N) is 1. The van der Waals surface area contributed by atoms with Crippen LogP contribution in [0.4, 0.5) is 10.1 Å². The normalized spacial score (nSPS) is 16.5. The zero-order chi connectivity index (χ0) is 16.9. The van der Waals surface area contributed by atoms with Crippen molar-refractivity contribution in [1.29, 1.82) is 0 Å². The van der Waals surface area contributed by atoms with E-state index < -0.39 is 10.0 Å². The first-order valence-corrected chi connectivity index (χ1v) is 9.36. The summed E-state index contributed by atoms with van der Waals surface area (Å²) >= 11 is 0. The molecule has 1 aliphatic heterocycles. The van der Waals surface area contributed by atoms with Gasteiger partial charge in [-0.1, -0.05) is 12.1 Å². The topological polar surface area (TPSA) is 69.6 Å². The minimum absolute atomic E-state index is 0.0207. The number of halogens is 1. The average molecular weight is 342 g/mol. The smallest absolute Gasteiger partial charge is 0.212 e. The molecule has 1 aromatic rings. The third-order valence-electron chi connectivity index (χ3n) is 3.90. The van der Waals surface area contributed by atoms with Gasteiger partial charge < -0.3 is 10.0 Å². The van der Waals surface area contributed by atoms with E-state index in [1.165, 1.54) is 6.07 Å². The molecule has 1 aliphatic rings. The van der Waals surface area contributed by atoms with Gasteiger partial charge in [0.2, 0.25) is 10.0 Å². The van der Waals surface area contributed by atoms with Crippen LogP contribution in [0.15, 0.2) is 30.9 Å². The molecule has 7 heteroatoms. The van der Waals surface area contributed by atoms with Gasteiger partial charge in [0, 0.05) is 19.6 Å². The first-order valence-electron chi connectivity index (χ1n) is 7.71. The maximum Gasteiger partial charge on any atom is 0.212 e. The first-order chi connectivity index (χ1) is 10.9. The Bertz CT molecular complexity index is 641. The van der Waals surface area contributed by atoms with Gasteiger partial charge in [0.25, 0.3) is 0 Å². The Balaban J connectivity index is 1.98. The standard InChI is InChI=1S/C16H23FN2O3S/c1-2-3-10-23(21,22)18-12-13-4-5-16(15(17)11-13)19-8-6-14(20)7-9-19/h2,4-5,11,14,18,20H,1,3,6-10,12H2. The molecule has 0 spiro atoms. The lowest BCUT2D eigenvalue weighted by atomic mass is 10.1. The quantitative estimate of drug-likeness (QED) is 0.741. The summed E-state index contributed by atoms with van der Waals surface area (Å²) in [6.07, 6.45) is 2.87. The molecule has 2 rings (SSSR count). The van der Waals surface area contributed by atoms with Crippen molar-refractivity contribution in [3.8, 4) is 0 Å². The van der Waals surface area contributed by atoms with Crippen molar-refractivity contribution in [3.05, 3.63) is 42.2 Å². The van der Waals surface area contributed by atoms with Crippen LogP contribution in [0.2, 0.25) is 0 Å². The Morgan fingerprint density at radius 3 is 2.70 bits per heavy atom. The van der Waals surface area contributed by atoms with Crippen LogP contribution in [0.25, 0.3) is 0 Å². The summed E-state index contributed by atoms with van der Waals surface area (Å²) in [5.74, 6) is -0.392. The van der Waals surface area contributed by atoms with Crippen LogP contribution in [-0.4, -0.2) is 38.5 Å².